The fraction of sp³-hybridized carbons (Fsp3) is 0.300. The third kappa shape index (κ3) is 5.88. The maximum absolute atomic E-state index is 12.0. The van der Waals surface area contributed by atoms with Crippen molar-refractivity contribution >= 4 is 11.9 Å². The Morgan fingerprint density at radius 2 is 1.62 bits per heavy atom. The van der Waals surface area contributed by atoms with Crippen LogP contribution in [0.5, 0.6) is 0 Å². The van der Waals surface area contributed by atoms with Crippen molar-refractivity contribution in [1.29, 1.82) is 0 Å². The van der Waals surface area contributed by atoms with Crippen LogP contribution in [-0.4, -0.2) is 18.5 Å². The summed E-state index contributed by atoms with van der Waals surface area (Å²) >= 11 is 0. The molecule has 0 atom stereocenters. The van der Waals surface area contributed by atoms with Gasteiger partial charge in [-0.1, -0.05) is 56.3 Å². The van der Waals surface area contributed by atoms with E-state index in [1.165, 1.54) is 5.56 Å². The molecule has 2 aromatic rings. The Bertz CT molecular complexity index is 663. The summed E-state index contributed by atoms with van der Waals surface area (Å²) in [6.45, 7) is 4.44. The number of hydrogen-bond acceptors (Lipinski definition) is 3. The van der Waals surface area contributed by atoms with Crippen molar-refractivity contribution in [3.63, 3.8) is 0 Å². The van der Waals surface area contributed by atoms with E-state index in [1.807, 2.05) is 42.5 Å². The predicted molar refractivity (Wildman–Crippen MR) is 93.6 cm³/mol. The lowest BCUT2D eigenvalue weighted by Crippen LogP contribution is -2.28. The number of rotatable bonds is 7. The van der Waals surface area contributed by atoms with Crippen LogP contribution in [0.2, 0.25) is 0 Å². The van der Waals surface area contributed by atoms with Crippen molar-refractivity contribution in [1.82, 2.24) is 5.32 Å². The zero-order valence-corrected chi connectivity index (χ0v) is 14.1. The quantitative estimate of drug-likeness (QED) is 0.794. The highest BCUT2D eigenvalue weighted by Gasteiger charge is 2.10. The minimum absolute atomic E-state index is 0.278. The summed E-state index contributed by atoms with van der Waals surface area (Å²) in [6, 6.07) is 16.9. The van der Waals surface area contributed by atoms with Gasteiger partial charge < -0.3 is 10.1 Å². The molecule has 1 amide bonds. The molecule has 2 rings (SSSR count). The molecule has 4 nitrogen and oxygen atoms in total. The molecule has 0 unspecified atom stereocenters. The lowest BCUT2D eigenvalue weighted by Gasteiger charge is -2.08. The SMILES string of the molecule is CC(C)Cc1ccc(C(=O)OCC(=O)NCc2ccccc2)cc1. The molecule has 4 heteroatoms. The van der Waals surface area contributed by atoms with Crippen LogP contribution in [0.25, 0.3) is 0 Å². The van der Waals surface area contributed by atoms with Crippen LogP contribution in [0.15, 0.2) is 54.6 Å². The second-order valence-electron chi connectivity index (χ2n) is 6.13. The zero-order valence-electron chi connectivity index (χ0n) is 14.1. The molecule has 0 heterocycles. The molecule has 126 valence electrons. The Labute approximate surface area is 142 Å². The van der Waals surface area contributed by atoms with Gasteiger partial charge in [-0.05, 0) is 35.6 Å². The highest BCUT2D eigenvalue weighted by Crippen LogP contribution is 2.10. The number of benzene rings is 2. The van der Waals surface area contributed by atoms with E-state index in [0.29, 0.717) is 18.0 Å². The van der Waals surface area contributed by atoms with E-state index in [-0.39, 0.29) is 12.5 Å². The summed E-state index contributed by atoms with van der Waals surface area (Å²) in [5.41, 5.74) is 2.64. The fourth-order valence-electron chi connectivity index (χ4n) is 2.31. The van der Waals surface area contributed by atoms with Gasteiger partial charge in [0.15, 0.2) is 6.61 Å². The molecule has 0 radical (unpaired) electrons. The van der Waals surface area contributed by atoms with Crippen molar-refractivity contribution < 1.29 is 14.3 Å². The maximum atomic E-state index is 12.0. The number of hydrogen-bond donors (Lipinski definition) is 1. The first kappa shape index (κ1) is 17.7. The van der Waals surface area contributed by atoms with Gasteiger partial charge in [0, 0.05) is 6.54 Å². The van der Waals surface area contributed by atoms with Gasteiger partial charge in [-0.25, -0.2) is 4.79 Å². The summed E-state index contributed by atoms with van der Waals surface area (Å²) in [4.78, 5) is 23.7. The first-order valence-corrected chi connectivity index (χ1v) is 8.11. The normalized spacial score (nSPS) is 10.5. The third-order valence-electron chi connectivity index (χ3n) is 3.50. The van der Waals surface area contributed by atoms with Gasteiger partial charge in [0.05, 0.1) is 5.56 Å². The highest BCUT2D eigenvalue weighted by atomic mass is 16.5. The molecule has 2 aromatic carbocycles. The van der Waals surface area contributed by atoms with E-state index in [4.69, 9.17) is 4.74 Å². The van der Waals surface area contributed by atoms with Crippen LogP contribution in [0.3, 0.4) is 0 Å². The molecule has 0 aliphatic carbocycles. The fourth-order valence-corrected chi connectivity index (χ4v) is 2.31. The van der Waals surface area contributed by atoms with Gasteiger partial charge in [-0.2, -0.15) is 0 Å². The highest BCUT2D eigenvalue weighted by molar-refractivity contribution is 5.91. The van der Waals surface area contributed by atoms with E-state index >= 15 is 0 Å². The van der Waals surface area contributed by atoms with Gasteiger partial charge in [-0.15, -0.1) is 0 Å². The van der Waals surface area contributed by atoms with Gasteiger partial charge in [0.25, 0.3) is 5.91 Å². The van der Waals surface area contributed by atoms with Crippen LogP contribution in [0.4, 0.5) is 0 Å². The predicted octanol–water partition coefficient (Wildman–Crippen LogP) is 3.36. The van der Waals surface area contributed by atoms with Gasteiger partial charge >= 0.3 is 5.97 Å². The lowest BCUT2D eigenvalue weighted by atomic mass is 10.0. The van der Waals surface area contributed by atoms with Crippen molar-refractivity contribution in [2.24, 2.45) is 5.92 Å². The standard InChI is InChI=1S/C20H23NO3/c1-15(2)12-16-8-10-18(11-9-16)20(23)24-14-19(22)21-13-17-6-4-3-5-7-17/h3-11,15H,12-14H2,1-2H3,(H,21,22). The molecule has 0 saturated heterocycles. The number of ether oxygens (including phenoxy) is 1. The Morgan fingerprint density at radius 3 is 2.25 bits per heavy atom. The summed E-state index contributed by atoms with van der Waals surface area (Å²) in [7, 11) is 0. The third-order valence-corrected chi connectivity index (χ3v) is 3.50. The smallest absolute Gasteiger partial charge is 0.338 e. The van der Waals surface area contributed by atoms with E-state index in [2.05, 4.69) is 19.2 Å². The van der Waals surface area contributed by atoms with Gasteiger partial charge in [0.1, 0.15) is 0 Å². The Morgan fingerprint density at radius 1 is 0.958 bits per heavy atom. The van der Waals surface area contributed by atoms with E-state index in [9.17, 15) is 9.59 Å². The van der Waals surface area contributed by atoms with Crippen LogP contribution in [0, 0.1) is 5.92 Å². The monoisotopic (exact) mass is 325 g/mol. The molecule has 0 bridgehead atoms. The molecule has 0 aliphatic heterocycles. The molecule has 0 spiro atoms. The summed E-state index contributed by atoms with van der Waals surface area (Å²) in [5.74, 6) is -0.235. The molecule has 0 aliphatic rings. The van der Waals surface area contributed by atoms with Gasteiger partial charge in [0.2, 0.25) is 0 Å². The molecule has 24 heavy (non-hydrogen) atoms. The molecule has 0 aromatic heterocycles. The van der Waals surface area contributed by atoms with E-state index < -0.39 is 5.97 Å². The van der Waals surface area contributed by atoms with Crippen molar-refractivity contribution in [3.8, 4) is 0 Å². The molecule has 0 saturated carbocycles. The van der Waals surface area contributed by atoms with Crippen molar-refractivity contribution in [2.45, 2.75) is 26.8 Å². The lowest BCUT2D eigenvalue weighted by molar-refractivity contribution is -0.124. The number of amides is 1. The van der Waals surface area contributed by atoms with Crippen molar-refractivity contribution in [3.05, 3.63) is 71.3 Å². The van der Waals surface area contributed by atoms with E-state index in [1.54, 1.807) is 12.1 Å². The first-order valence-electron chi connectivity index (χ1n) is 8.11. The molecule has 1 N–H and O–H groups in total. The minimum atomic E-state index is -0.485. The Hall–Kier alpha value is -2.62. The second kappa shape index (κ2) is 8.87. The Balaban J connectivity index is 1.76. The van der Waals surface area contributed by atoms with Crippen molar-refractivity contribution in [2.75, 3.05) is 6.61 Å². The number of nitrogens with one attached hydrogen (secondary N) is 1. The largest absolute Gasteiger partial charge is 0.452 e. The van der Waals surface area contributed by atoms with E-state index in [0.717, 1.165) is 12.0 Å². The second-order valence-corrected chi connectivity index (χ2v) is 6.13. The zero-order chi connectivity index (χ0) is 17.4. The van der Waals surface area contributed by atoms with Crippen LogP contribution in [-0.2, 0) is 22.5 Å². The van der Waals surface area contributed by atoms with Crippen LogP contribution >= 0.6 is 0 Å². The molecule has 0 fully saturated rings. The van der Waals surface area contributed by atoms with Gasteiger partial charge in [-0.3, -0.25) is 4.79 Å². The number of carbonyl (C=O) groups is 2. The molecular formula is C20H23NO3. The Kier molecular flexibility index (Phi) is 6.55. The summed E-state index contributed by atoms with van der Waals surface area (Å²) in [6.07, 6.45) is 0.969. The number of esters is 1. The first-order chi connectivity index (χ1) is 11.5. The van der Waals surface area contributed by atoms with Crippen LogP contribution < -0.4 is 5.32 Å². The maximum Gasteiger partial charge on any atom is 0.338 e. The average Bonchev–Trinajstić information content (AvgIpc) is 2.59. The summed E-state index contributed by atoms with van der Waals surface area (Å²) < 4.78 is 5.05. The summed E-state index contributed by atoms with van der Waals surface area (Å²) in [5, 5.41) is 2.72. The molecular weight excluding hydrogens is 302 g/mol. The average molecular weight is 325 g/mol. The number of carbonyl (C=O) groups excluding carboxylic acids is 2. The minimum Gasteiger partial charge on any atom is -0.452 e. The van der Waals surface area contributed by atoms with Crippen LogP contribution in [0.1, 0.15) is 35.3 Å². The topological polar surface area (TPSA) is 55.4 Å².